The molecule has 0 aromatic heterocycles. The van der Waals surface area contributed by atoms with E-state index in [1.165, 1.54) is 12.1 Å². The normalized spacial score (nSPS) is 12.9. The molecule has 1 unspecified atom stereocenters. The third kappa shape index (κ3) is 9.63. The minimum absolute atomic E-state index is 0.385. The van der Waals surface area contributed by atoms with Gasteiger partial charge >= 0.3 is 0 Å². The molecule has 0 fully saturated rings. The Balaban J connectivity index is 3.97. The minimum atomic E-state index is 0.385. The molecule has 0 rings (SSSR count). The van der Waals surface area contributed by atoms with Crippen LogP contribution in [0.1, 0.15) is 53.9 Å². The summed E-state index contributed by atoms with van der Waals surface area (Å²) in [6.07, 6.45) is 3.28. The van der Waals surface area contributed by atoms with Crippen LogP contribution in [0.2, 0.25) is 0 Å². The molecule has 0 aromatic rings. The summed E-state index contributed by atoms with van der Waals surface area (Å²) in [6.45, 7) is 21.5. The van der Waals surface area contributed by atoms with Gasteiger partial charge in [-0.15, -0.1) is 0 Å². The maximum Gasteiger partial charge on any atom is 0.0214 e. The number of nitrogens with zero attached hydrogens (tertiary/aromatic N) is 1. The molecule has 0 spiro atoms. The van der Waals surface area contributed by atoms with E-state index in [0.29, 0.717) is 11.3 Å². The molecule has 0 radical (unpaired) electrons. The molecule has 0 bridgehead atoms. The first kappa shape index (κ1) is 18.1. The molecule has 2 heteroatoms. The van der Waals surface area contributed by atoms with Gasteiger partial charge in [0.1, 0.15) is 0 Å². The van der Waals surface area contributed by atoms with E-state index < -0.39 is 0 Å². The molecule has 0 saturated heterocycles. The summed E-state index contributed by atoms with van der Waals surface area (Å²) in [6, 6.07) is 0. The summed E-state index contributed by atoms with van der Waals surface area (Å²) in [5, 5.41) is 3.38. The van der Waals surface area contributed by atoms with Gasteiger partial charge in [0.2, 0.25) is 0 Å². The predicted octanol–water partition coefficient (Wildman–Crippen LogP) is 4.41. The number of allylic oxidation sites excluding steroid dienone is 2. The predicted molar refractivity (Wildman–Crippen MR) is 87.1 cm³/mol. The van der Waals surface area contributed by atoms with Gasteiger partial charge in [-0.05, 0) is 30.6 Å². The average Bonchev–Trinajstić information content (AvgIpc) is 2.31. The zero-order valence-corrected chi connectivity index (χ0v) is 14.0. The third-order valence-corrected chi connectivity index (χ3v) is 3.42. The maximum absolute atomic E-state index is 4.21. The largest absolute Gasteiger partial charge is 0.388 e. The Morgan fingerprint density at radius 1 is 1.26 bits per heavy atom. The molecular formula is C17H34N2. The molecule has 2 nitrogen and oxygen atoms in total. The van der Waals surface area contributed by atoms with Crippen LogP contribution < -0.4 is 5.32 Å². The Labute approximate surface area is 121 Å². The van der Waals surface area contributed by atoms with Gasteiger partial charge in [-0.3, -0.25) is 0 Å². The first-order chi connectivity index (χ1) is 8.65. The average molecular weight is 266 g/mol. The monoisotopic (exact) mass is 266 g/mol. The number of hydrogen-bond donors (Lipinski definition) is 1. The van der Waals surface area contributed by atoms with Crippen molar-refractivity contribution in [1.29, 1.82) is 0 Å². The molecule has 0 saturated carbocycles. The van der Waals surface area contributed by atoms with Crippen LogP contribution in [-0.2, 0) is 0 Å². The lowest BCUT2D eigenvalue weighted by Gasteiger charge is -2.28. The van der Waals surface area contributed by atoms with E-state index >= 15 is 0 Å². The summed E-state index contributed by atoms with van der Waals surface area (Å²) in [4.78, 5) is 2.30. The van der Waals surface area contributed by atoms with Crippen LogP contribution >= 0.6 is 0 Å². The third-order valence-electron chi connectivity index (χ3n) is 3.42. The van der Waals surface area contributed by atoms with Crippen molar-refractivity contribution in [3.63, 3.8) is 0 Å². The highest BCUT2D eigenvalue weighted by molar-refractivity contribution is 4.94. The Hall–Kier alpha value is -0.920. The van der Waals surface area contributed by atoms with Gasteiger partial charge in [0, 0.05) is 31.5 Å². The Kier molecular flexibility index (Phi) is 7.89. The van der Waals surface area contributed by atoms with Crippen molar-refractivity contribution in [1.82, 2.24) is 10.2 Å². The fourth-order valence-corrected chi connectivity index (χ4v) is 1.81. The van der Waals surface area contributed by atoms with Crippen molar-refractivity contribution < 1.29 is 0 Å². The van der Waals surface area contributed by atoms with Crippen LogP contribution in [0.4, 0.5) is 0 Å². The smallest absolute Gasteiger partial charge is 0.0214 e. The molecule has 1 atom stereocenters. The van der Waals surface area contributed by atoms with Gasteiger partial charge in [-0.25, -0.2) is 0 Å². The topological polar surface area (TPSA) is 15.3 Å². The molecule has 0 aliphatic heterocycles. The van der Waals surface area contributed by atoms with Gasteiger partial charge in [-0.2, -0.15) is 0 Å². The fourth-order valence-electron chi connectivity index (χ4n) is 1.81. The van der Waals surface area contributed by atoms with Crippen molar-refractivity contribution in [2.75, 3.05) is 20.1 Å². The summed E-state index contributed by atoms with van der Waals surface area (Å²) in [7, 11) is 2.15. The lowest BCUT2D eigenvalue weighted by atomic mass is 9.90. The van der Waals surface area contributed by atoms with E-state index in [4.69, 9.17) is 0 Å². The van der Waals surface area contributed by atoms with Crippen molar-refractivity contribution in [3.05, 3.63) is 24.6 Å². The van der Waals surface area contributed by atoms with Gasteiger partial charge in [0.15, 0.2) is 0 Å². The zero-order valence-electron chi connectivity index (χ0n) is 14.0. The van der Waals surface area contributed by atoms with Crippen LogP contribution in [0.5, 0.6) is 0 Å². The van der Waals surface area contributed by atoms with Crippen molar-refractivity contribution in [2.24, 2.45) is 11.3 Å². The van der Waals surface area contributed by atoms with Crippen molar-refractivity contribution >= 4 is 0 Å². The van der Waals surface area contributed by atoms with Crippen LogP contribution in [0.25, 0.3) is 0 Å². The maximum atomic E-state index is 4.21. The molecular weight excluding hydrogens is 232 g/mol. The van der Waals surface area contributed by atoms with Gasteiger partial charge < -0.3 is 10.2 Å². The second-order valence-electron chi connectivity index (χ2n) is 6.95. The zero-order chi connectivity index (χ0) is 15.1. The van der Waals surface area contributed by atoms with E-state index in [1.54, 1.807) is 0 Å². The number of rotatable bonds is 9. The SMILES string of the molecule is C=C(CC)NCC(C)CN(C)C(=C)CCC(C)(C)C. The molecule has 1 N–H and O–H groups in total. The first-order valence-electron chi connectivity index (χ1n) is 7.46. The highest BCUT2D eigenvalue weighted by Crippen LogP contribution is 2.23. The Bertz CT molecular complexity index is 286. The second-order valence-corrected chi connectivity index (χ2v) is 6.95. The second kappa shape index (κ2) is 8.29. The van der Waals surface area contributed by atoms with Crippen LogP contribution in [-0.4, -0.2) is 25.0 Å². The van der Waals surface area contributed by atoms with Crippen LogP contribution in [0, 0.1) is 11.3 Å². The molecule has 19 heavy (non-hydrogen) atoms. The van der Waals surface area contributed by atoms with E-state index in [-0.39, 0.29) is 0 Å². The van der Waals surface area contributed by atoms with Gasteiger partial charge in [0.25, 0.3) is 0 Å². The van der Waals surface area contributed by atoms with Gasteiger partial charge in [-0.1, -0.05) is 47.8 Å². The Morgan fingerprint density at radius 2 is 1.84 bits per heavy atom. The quantitative estimate of drug-likeness (QED) is 0.665. The van der Waals surface area contributed by atoms with E-state index in [2.05, 4.69) is 65.0 Å². The minimum Gasteiger partial charge on any atom is -0.388 e. The van der Waals surface area contributed by atoms with E-state index in [9.17, 15) is 0 Å². The molecule has 0 aliphatic rings. The lowest BCUT2D eigenvalue weighted by molar-refractivity contribution is 0.308. The fraction of sp³-hybridized carbons (Fsp3) is 0.765. The first-order valence-corrected chi connectivity index (χ1v) is 7.46. The molecule has 0 aromatic carbocycles. The number of nitrogens with one attached hydrogen (secondary N) is 1. The highest BCUT2D eigenvalue weighted by Gasteiger charge is 2.13. The molecule has 0 heterocycles. The lowest BCUT2D eigenvalue weighted by Crippen LogP contribution is -2.30. The van der Waals surface area contributed by atoms with Crippen LogP contribution in [0.15, 0.2) is 24.6 Å². The van der Waals surface area contributed by atoms with Crippen molar-refractivity contribution in [2.45, 2.75) is 53.9 Å². The van der Waals surface area contributed by atoms with E-state index in [0.717, 1.165) is 31.6 Å². The van der Waals surface area contributed by atoms with E-state index in [1.807, 2.05) is 0 Å². The summed E-state index contributed by atoms with van der Waals surface area (Å²) in [5.74, 6) is 0.597. The molecule has 112 valence electrons. The summed E-state index contributed by atoms with van der Waals surface area (Å²) in [5.41, 5.74) is 2.76. The summed E-state index contributed by atoms with van der Waals surface area (Å²) < 4.78 is 0. The van der Waals surface area contributed by atoms with Crippen molar-refractivity contribution in [3.8, 4) is 0 Å². The standard InChI is InChI=1S/C17H34N2/c1-9-15(3)18-12-14(2)13-19(8)16(4)10-11-17(5,6)7/h14,18H,3-4,9-13H2,1-2,5-8H3. The summed E-state index contributed by atoms with van der Waals surface area (Å²) >= 11 is 0. The van der Waals surface area contributed by atoms with Gasteiger partial charge in [0.05, 0.1) is 0 Å². The highest BCUT2D eigenvalue weighted by atomic mass is 15.1. The number of hydrogen-bond acceptors (Lipinski definition) is 2. The van der Waals surface area contributed by atoms with Crippen LogP contribution in [0.3, 0.4) is 0 Å². The Morgan fingerprint density at radius 3 is 2.32 bits per heavy atom. The molecule has 0 aliphatic carbocycles. The molecule has 0 amide bonds.